The predicted molar refractivity (Wildman–Crippen MR) is 97.3 cm³/mol. The first-order chi connectivity index (χ1) is 13.0. The zero-order valence-electron chi connectivity index (χ0n) is 15.1. The summed E-state index contributed by atoms with van der Waals surface area (Å²) in [7, 11) is 0. The quantitative estimate of drug-likeness (QED) is 0.547. The second-order valence-corrected chi connectivity index (χ2v) is 6.84. The van der Waals surface area contributed by atoms with Gasteiger partial charge in [-0.15, -0.1) is 0 Å². The van der Waals surface area contributed by atoms with Gasteiger partial charge < -0.3 is 29.2 Å². The fourth-order valence-electron chi connectivity index (χ4n) is 3.48. The SMILES string of the molecule is CCCCOc1cccc(C2CC(N)(O)Oc3cc4c(cc32)OCO4)c1O. The molecular weight excluding hydrogens is 350 g/mol. The molecule has 4 rings (SSSR count). The van der Waals surface area contributed by atoms with E-state index in [2.05, 4.69) is 6.92 Å². The molecule has 7 nitrogen and oxygen atoms in total. The van der Waals surface area contributed by atoms with E-state index in [0.717, 1.165) is 18.4 Å². The predicted octanol–water partition coefficient (Wildman–Crippen LogP) is 2.82. The Bertz CT molecular complexity index is 851. The van der Waals surface area contributed by atoms with Crippen LogP contribution in [0.2, 0.25) is 0 Å². The Morgan fingerprint density at radius 3 is 2.74 bits per heavy atom. The summed E-state index contributed by atoms with van der Waals surface area (Å²) in [4.78, 5) is 0. The largest absolute Gasteiger partial charge is 0.504 e. The smallest absolute Gasteiger partial charge is 0.266 e. The number of phenolic OH excluding ortho intramolecular Hbond substituents is 1. The van der Waals surface area contributed by atoms with Gasteiger partial charge in [0.1, 0.15) is 5.75 Å². The lowest BCUT2D eigenvalue weighted by Gasteiger charge is -2.36. The fraction of sp³-hybridized carbons (Fsp3) is 0.400. The molecule has 2 aliphatic rings. The van der Waals surface area contributed by atoms with Gasteiger partial charge in [0.15, 0.2) is 23.0 Å². The molecule has 144 valence electrons. The summed E-state index contributed by atoms with van der Waals surface area (Å²) in [5.41, 5.74) is 7.27. The van der Waals surface area contributed by atoms with Crippen molar-refractivity contribution in [2.45, 2.75) is 38.0 Å². The highest BCUT2D eigenvalue weighted by Gasteiger charge is 2.40. The van der Waals surface area contributed by atoms with Crippen LogP contribution in [0.25, 0.3) is 0 Å². The van der Waals surface area contributed by atoms with E-state index in [4.69, 9.17) is 24.7 Å². The van der Waals surface area contributed by atoms with Crippen LogP contribution in [0.1, 0.15) is 43.2 Å². The second-order valence-electron chi connectivity index (χ2n) is 6.84. The van der Waals surface area contributed by atoms with Crippen LogP contribution in [0.5, 0.6) is 28.7 Å². The Labute approximate surface area is 157 Å². The molecule has 0 spiro atoms. The van der Waals surface area contributed by atoms with Crippen molar-refractivity contribution in [2.75, 3.05) is 13.4 Å². The minimum absolute atomic E-state index is 0.0416. The third-order valence-electron chi connectivity index (χ3n) is 4.82. The van der Waals surface area contributed by atoms with Gasteiger partial charge in [-0.05, 0) is 18.6 Å². The van der Waals surface area contributed by atoms with Crippen LogP contribution >= 0.6 is 0 Å². The van der Waals surface area contributed by atoms with E-state index < -0.39 is 11.8 Å². The van der Waals surface area contributed by atoms with E-state index >= 15 is 0 Å². The lowest BCUT2D eigenvalue weighted by molar-refractivity contribution is -0.148. The molecule has 0 fully saturated rings. The van der Waals surface area contributed by atoms with Crippen molar-refractivity contribution in [3.05, 3.63) is 41.5 Å². The highest BCUT2D eigenvalue weighted by atomic mass is 16.7. The van der Waals surface area contributed by atoms with Crippen LogP contribution < -0.4 is 24.7 Å². The number of hydrogen-bond donors (Lipinski definition) is 3. The summed E-state index contributed by atoms with van der Waals surface area (Å²) < 4.78 is 22.1. The molecule has 2 unspecified atom stereocenters. The first-order valence-electron chi connectivity index (χ1n) is 9.07. The fourth-order valence-corrected chi connectivity index (χ4v) is 3.48. The highest BCUT2D eigenvalue weighted by Crippen LogP contribution is 2.50. The number of rotatable bonds is 5. The number of benzene rings is 2. The van der Waals surface area contributed by atoms with Crippen molar-refractivity contribution in [1.29, 1.82) is 0 Å². The molecule has 0 aliphatic carbocycles. The van der Waals surface area contributed by atoms with Crippen molar-refractivity contribution in [3.63, 3.8) is 0 Å². The zero-order chi connectivity index (χ0) is 19.0. The molecule has 0 saturated heterocycles. The molecule has 0 aromatic heterocycles. The number of nitrogens with two attached hydrogens (primary N) is 1. The Morgan fingerprint density at radius 1 is 1.19 bits per heavy atom. The molecule has 0 bridgehead atoms. The van der Waals surface area contributed by atoms with Crippen LogP contribution in [0.15, 0.2) is 30.3 Å². The van der Waals surface area contributed by atoms with Gasteiger partial charge in [-0.2, -0.15) is 0 Å². The maximum Gasteiger partial charge on any atom is 0.266 e. The Balaban J connectivity index is 1.75. The van der Waals surface area contributed by atoms with E-state index in [0.29, 0.717) is 35.2 Å². The van der Waals surface area contributed by atoms with Crippen molar-refractivity contribution in [1.82, 2.24) is 0 Å². The van der Waals surface area contributed by atoms with Gasteiger partial charge in [0.2, 0.25) is 6.79 Å². The van der Waals surface area contributed by atoms with E-state index in [-0.39, 0.29) is 19.0 Å². The van der Waals surface area contributed by atoms with Gasteiger partial charge in [0.25, 0.3) is 5.91 Å². The van der Waals surface area contributed by atoms with Gasteiger partial charge >= 0.3 is 0 Å². The first kappa shape index (κ1) is 17.8. The Hall–Kier alpha value is -2.64. The van der Waals surface area contributed by atoms with Crippen molar-refractivity contribution in [2.24, 2.45) is 5.73 Å². The second kappa shape index (κ2) is 6.83. The minimum Gasteiger partial charge on any atom is -0.504 e. The van der Waals surface area contributed by atoms with Gasteiger partial charge in [-0.3, -0.25) is 5.73 Å². The zero-order valence-corrected chi connectivity index (χ0v) is 15.1. The van der Waals surface area contributed by atoms with Gasteiger partial charge in [-0.25, -0.2) is 0 Å². The van der Waals surface area contributed by atoms with Gasteiger partial charge in [0.05, 0.1) is 6.61 Å². The normalized spacial score (nSPS) is 22.9. The van der Waals surface area contributed by atoms with Crippen LogP contribution in [0.4, 0.5) is 0 Å². The maximum atomic E-state index is 10.8. The summed E-state index contributed by atoms with van der Waals surface area (Å²) in [6.07, 6.45) is 1.97. The highest BCUT2D eigenvalue weighted by molar-refractivity contribution is 5.58. The first-order valence-corrected chi connectivity index (χ1v) is 9.07. The van der Waals surface area contributed by atoms with Crippen LogP contribution in [0, 0.1) is 0 Å². The number of aromatic hydroxyl groups is 1. The summed E-state index contributed by atoms with van der Waals surface area (Å²) >= 11 is 0. The average molecular weight is 373 g/mol. The lowest BCUT2D eigenvalue weighted by atomic mass is 9.84. The number of ether oxygens (including phenoxy) is 4. The van der Waals surface area contributed by atoms with Gasteiger partial charge in [0, 0.05) is 29.5 Å². The molecular formula is C20H23NO6. The third kappa shape index (κ3) is 3.36. The van der Waals surface area contributed by atoms with Crippen molar-refractivity contribution < 1.29 is 29.2 Å². The molecule has 2 heterocycles. The molecule has 4 N–H and O–H groups in total. The molecule has 0 radical (unpaired) electrons. The molecule has 2 atom stereocenters. The molecule has 2 aliphatic heterocycles. The molecule has 2 aromatic rings. The van der Waals surface area contributed by atoms with E-state index in [9.17, 15) is 10.2 Å². The summed E-state index contributed by atoms with van der Waals surface area (Å²) in [5, 5.41) is 21.2. The molecule has 7 heteroatoms. The maximum absolute atomic E-state index is 10.8. The van der Waals surface area contributed by atoms with E-state index in [1.54, 1.807) is 18.2 Å². The monoisotopic (exact) mass is 373 g/mol. The number of unbranched alkanes of at least 4 members (excludes halogenated alkanes) is 1. The average Bonchev–Trinajstić information content (AvgIpc) is 3.07. The lowest BCUT2D eigenvalue weighted by Crippen LogP contribution is -2.49. The van der Waals surface area contributed by atoms with Crippen molar-refractivity contribution in [3.8, 4) is 28.7 Å². The molecule has 2 aromatic carbocycles. The number of para-hydroxylation sites is 1. The number of aliphatic hydroxyl groups is 1. The van der Waals surface area contributed by atoms with Crippen LogP contribution in [-0.2, 0) is 0 Å². The molecule has 0 amide bonds. The number of hydrogen-bond acceptors (Lipinski definition) is 7. The third-order valence-corrected chi connectivity index (χ3v) is 4.82. The van der Waals surface area contributed by atoms with Crippen LogP contribution in [-0.4, -0.2) is 29.5 Å². The standard InChI is InChI=1S/C20H23NO6/c1-2-3-7-24-15-6-4-5-12(19(15)22)14-10-20(21,23)27-16-9-18-17(8-13(14)16)25-11-26-18/h4-6,8-9,14,22-23H,2-3,7,10-11,21H2,1H3. The summed E-state index contributed by atoms with van der Waals surface area (Å²) in [5.74, 6) is -0.275. The van der Waals surface area contributed by atoms with Gasteiger partial charge in [-0.1, -0.05) is 25.5 Å². The summed E-state index contributed by atoms with van der Waals surface area (Å²) in [6.45, 7) is 2.73. The Morgan fingerprint density at radius 2 is 1.96 bits per heavy atom. The van der Waals surface area contributed by atoms with E-state index in [1.165, 1.54) is 0 Å². The number of fused-ring (bicyclic) bond motifs is 2. The van der Waals surface area contributed by atoms with Crippen molar-refractivity contribution >= 4 is 0 Å². The topological polar surface area (TPSA) is 103 Å². The minimum atomic E-state index is -1.86. The Kier molecular flexibility index (Phi) is 4.49. The molecule has 0 saturated carbocycles. The van der Waals surface area contributed by atoms with Crippen LogP contribution in [0.3, 0.4) is 0 Å². The summed E-state index contributed by atoms with van der Waals surface area (Å²) in [6, 6.07) is 8.79. The van der Waals surface area contributed by atoms with E-state index in [1.807, 2.05) is 12.1 Å². The number of phenols is 1. The molecule has 27 heavy (non-hydrogen) atoms.